The summed E-state index contributed by atoms with van der Waals surface area (Å²) < 4.78 is 6.49. The zero-order valence-corrected chi connectivity index (χ0v) is 20.0. The van der Waals surface area contributed by atoms with Crippen LogP contribution >= 0.6 is 23.7 Å². The Morgan fingerprint density at radius 3 is 2.85 bits per heavy atom. The highest BCUT2D eigenvalue weighted by molar-refractivity contribution is 7.08. The maximum Gasteiger partial charge on any atom is 0.252 e. The smallest absolute Gasteiger partial charge is 0.252 e. The molecule has 3 heterocycles. The summed E-state index contributed by atoms with van der Waals surface area (Å²) in [5.74, 6) is 1.33. The number of phenols is 1. The first-order chi connectivity index (χ1) is 15.5. The number of piperidine rings is 1. The van der Waals surface area contributed by atoms with Crippen molar-refractivity contribution in [3.05, 3.63) is 45.6 Å². The number of rotatable bonds is 4. The molecular weight excluding hydrogens is 460 g/mol. The second-order valence-corrected chi connectivity index (χ2v) is 11.2. The van der Waals surface area contributed by atoms with Gasteiger partial charge in [0.15, 0.2) is 11.5 Å². The van der Waals surface area contributed by atoms with E-state index in [0.717, 1.165) is 37.4 Å². The maximum atomic E-state index is 12.9. The Bertz CT molecular complexity index is 1110. The van der Waals surface area contributed by atoms with E-state index in [1.54, 1.807) is 6.07 Å². The van der Waals surface area contributed by atoms with Gasteiger partial charge in [-0.1, -0.05) is 6.07 Å². The van der Waals surface area contributed by atoms with Crippen LogP contribution in [0.15, 0.2) is 29.0 Å². The van der Waals surface area contributed by atoms with Crippen LogP contribution in [0, 0.1) is 5.92 Å². The monoisotopic (exact) mass is 488 g/mol. The third-order valence-corrected chi connectivity index (χ3v) is 9.55. The van der Waals surface area contributed by atoms with Gasteiger partial charge in [0.25, 0.3) is 5.91 Å². The Hall–Kier alpha value is -1.80. The van der Waals surface area contributed by atoms with Gasteiger partial charge in [0, 0.05) is 29.1 Å². The van der Waals surface area contributed by atoms with Crippen LogP contribution in [-0.4, -0.2) is 57.9 Å². The molecule has 1 spiro atoms. The molecule has 5 aliphatic rings. The standard InChI is InChI=1S/C25H28N2O4S.ClH/c28-18-4-3-15-11-19-25(30)7-5-17(26-23(29)16-6-10-32-13-16)22-24(25,20(15)21(18)31-22)8-9-27(19)12-14-1-2-14;/h3-4,6,10,13-14,17,19,22,28,30H,1-2,5,7-9,11-12H2,(H,26,29);1H/t17-,19+,22-,24-,25+;/m0./s1. The summed E-state index contributed by atoms with van der Waals surface area (Å²) in [6, 6.07) is 5.42. The molecule has 1 saturated heterocycles. The van der Waals surface area contributed by atoms with Crippen molar-refractivity contribution in [2.24, 2.45) is 5.92 Å². The molecule has 176 valence electrons. The lowest BCUT2D eigenvalue weighted by atomic mass is 9.48. The van der Waals surface area contributed by atoms with Crippen LogP contribution in [0.1, 0.15) is 53.6 Å². The van der Waals surface area contributed by atoms with E-state index in [0.29, 0.717) is 24.2 Å². The predicted octanol–water partition coefficient (Wildman–Crippen LogP) is 3.24. The lowest BCUT2D eigenvalue weighted by Crippen LogP contribution is -2.78. The number of carbonyl (C=O) groups is 1. The lowest BCUT2D eigenvalue weighted by molar-refractivity contribution is -0.191. The number of nitrogens with one attached hydrogen (secondary N) is 1. The van der Waals surface area contributed by atoms with Crippen LogP contribution in [0.5, 0.6) is 11.5 Å². The normalized spacial score (nSPS) is 35.8. The molecule has 0 unspecified atom stereocenters. The molecule has 6 nitrogen and oxygen atoms in total. The molecule has 3 aliphatic carbocycles. The SMILES string of the molecule is Cl.O=C(N[C@H]1CC[C@@]2(O)[C@H]3Cc4ccc(O)c5c4[C@@]2(CCN3CC2CC2)[C@H]1O5)c1ccsc1. The maximum absolute atomic E-state index is 12.9. The van der Waals surface area contributed by atoms with E-state index in [-0.39, 0.29) is 42.3 Å². The summed E-state index contributed by atoms with van der Waals surface area (Å²) in [6.45, 7) is 1.98. The number of benzene rings is 1. The second-order valence-electron chi connectivity index (χ2n) is 10.4. The molecule has 33 heavy (non-hydrogen) atoms. The van der Waals surface area contributed by atoms with Crippen LogP contribution in [0.25, 0.3) is 0 Å². The highest BCUT2D eigenvalue weighted by Gasteiger charge is 2.73. The third kappa shape index (κ3) is 2.83. The molecule has 3 N–H and O–H groups in total. The first-order valence-corrected chi connectivity index (χ1v) is 12.8. The van der Waals surface area contributed by atoms with Crippen molar-refractivity contribution in [2.75, 3.05) is 13.1 Å². The first-order valence-electron chi connectivity index (χ1n) is 11.8. The molecule has 3 fully saturated rings. The number of nitrogens with zero attached hydrogens (tertiary/aromatic N) is 1. The number of amides is 1. The molecule has 8 heteroatoms. The Labute approximate surface area is 203 Å². The van der Waals surface area contributed by atoms with Crippen molar-refractivity contribution in [3.8, 4) is 11.5 Å². The summed E-state index contributed by atoms with van der Waals surface area (Å²) in [7, 11) is 0. The van der Waals surface area contributed by atoms with Crippen molar-refractivity contribution in [3.63, 3.8) is 0 Å². The minimum atomic E-state index is -0.916. The summed E-state index contributed by atoms with van der Waals surface area (Å²) in [4.78, 5) is 15.4. The zero-order chi connectivity index (χ0) is 21.7. The molecule has 2 saturated carbocycles. The van der Waals surface area contributed by atoms with Gasteiger partial charge in [0.05, 0.1) is 17.1 Å². The van der Waals surface area contributed by atoms with Gasteiger partial charge < -0.3 is 20.3 Å². The van der Waals surface area contributed by atoms with Gasteiger partial charge in [-0.3, -0.25) is 9.69 Å². The largest absolute Gasteiger partial charge is 0.504 e. The fourth-order valence-electron chi connectivity index (χ4n) is 7.27. The number of halogens is 1. The number of thiophene rings is 1. The lowest BCUT2D eigenvalue weighted by Gasteiger charge is -2.64. The molecule has 7 rings (SSSR count). The molecule has 2 bridgehead atoms. The van der Waals surface area contributed by atoms with Gasteiger partial charge in [0.1, 0.15) is 6.10 Å². The van der Waals surface area contributed by atoms with Crippen LogP contribution in [0.2, 0.25) is 0 Å². The van der Waals surface area contributed by atoms with Gasteiger partial charge in [-0.2, -0.15) is 11.3 Å². The van der Waals surface area contributed by atoms with Gasteiger partial charge >= 0.3 is 0 Å². The highest BCUT2D eigenvalue weighted by Crippen LogP contribution is 2.65. The van der Waals surface area contributed by atoms with Crippen LogP contribution in [-0.2, 0) is 11.8 Å². The minimum absolute atomic E-state index is 0. The minimum Gasteiger partial charge on any atom is -0.504 e. The number of carbonyl (C=O) groups excluding carboxylic acids is 1. The van der Waals surface area contributed by atoms with Crippen LogP contribution in [0.3, 0.4) is 0 Å². The van der Waals surface area contributed by atoms with E-state index in [9.17, 15) is 15.0 Å². The van der Waals surface area contributed by atoms with E-state index >= 15 is 0 Å². The molecule has 0 radical (unpaired) electrons. The number of aromatic hydroxyl groups is 1. The number of ether oxygens (including phenoxy) is 1. The summed E-state index contributed by atoms with van der Waals surface area (Å²) in [6.07, 6.45) is 5.07. The van der Waals surface area contributed by atoms with Gasteiger partial charge in [-0.15, -0.1) is 12.4 Å². The molecule has 2 aromatic rings. The molecule has 5 atom stereocenters. The van der Waals surface area contributed by atoms with Crippen molar-refractivity contribution < 1.29 is 19.7 Å². The third-order valence-electron chi connectivity index (χ3n) is 8.86. The van der Waals surface area contributed by atoms with Gasteiger partial charge in [-0.25, -0.2) is 0 Å². The first kappa shape index (κ1) is 21.7. The molecule has 2 aliphatic heterocycles. The summed E-state index contributed by atoms with van der Waals surface area (Å²) in [5, 5.41) is 30.1. The average molecular weight is 489 g/mol. The molecule has 1 aromatic carbocycles. The predicted molar refractivity (Wildman–Crippen MR) is 128 cm³/mol. The summed E-state index contributed by atoms with van der Waals surface area (Å²) in [5.41, 5.74) is 1.33. The van der Waals surface area contributed by atoms with Gasteiger partial charge in [0.2, 0.25) is 0 Å². The summed E-state index contributed by atoms with van der Waals surface area (Å²) >= 11 is 1.50. The Balaban J connectivity index is 0.00000206. The van der Waals surface area contributed by atoms with E-state index in [1.807, 2.05) is 22.9 Å². The Morgan fingerprint density at radius 2 is 2.09 bits per heavy atom. The van der Waals surface area contributed by atoms with Crippen molar-refractivity contribution in [1.29, 1.82) is 0 Å². The topological polar surface area (TPSA) is 82.0 Å². The van der Waals surface area contributed by atoms with E-state index in [1.165, 1.54) is 29.7 Å². The highest BCUT2D eigenvalue weighted by atomic mass is 35.5. The van der Waals surface area contributed by atoms with Crippen LogP contribution in [0.4, 0.5) is 0 Å². The Morgan fingerprint density at radius 1 is 1.24 bits per heavy atom. The number of hydrogen-bond donors (Lipinski definition) is 3. The molecular formula is C25H29ClN2O4S. The van der Waals surface area contributed by atoms with E-state index in [2.05, 4.69) is 10.2 Å². The van der Waals surface area contributed by atoms with Crippen molar-refractivity contribution in [1.82, 2.24) is 10.2 Å². The number of likely N-dealkylation sites (tertiary alicyclic amines) is 1. The number of hydrogen-bond acceptors (Lipinski definition) is 6. The average Bonchev–Trinajstić information content (AvgIpc) is 3.27. The van der Waals surface area contributed by atoms with Crippen molar-refractivity contribution in [2.45, 2.75) is 67.7 Å². The van der Waals surface area contributed by atoms with E-state index < -0.39 is 11.0 Å². The number of aliphatic hydroxyl groups is 1. The van der Waals surface area contributed by atoms with Gasteiger partial charge in [-0.05, 0) is 74.1 Å². The molecule has 1 aromatic heterocycles. The second kappa shape index (κ2) is 7.35. The number of phenolic OH excluding ortho intramolecular Hbond substituents is 1. The van der Waals surface area contributed by atoms with Crippen LogP contribution < -0.4 is 10.1 Å². The molecule has 1 amide bonds. The zero-order valence-electron chi connectivity index (χ0n) is 18.3. The quantitative estimate of drug-likeness (QED) is 0.615. The fraction of sp³-hybridized carbons (Fsp3) is 0.560. The Kier molecular flexibility index (Phi) is 4.83. The van der Waals surface area contributed by atoms with Crippen molar-refractivity contribution >= 4 is 29.7 Å². The fourth-order valence-corrected chi connectivity index (χ4v) is 7.91. The van der Waals surface area contributed by atoms with E-state index in [4.69, 9.17) is 4.74 Å².